The Morgan fingerprint density at radius 2 is 2.00 bits per heavy atom. The molecule has 0 unspecified atom stereocenters. The molecule has 1 fully saturated rings. The SMILES string of the molecule is O=C1OCC[C@]12CC=C(OS(=O)(=O)C(F)(F)F)CC2. The molecule has 108 valence electrons. The van der Waals surface area contributed by atoms with Crippen LogP contribution in [0.4, 0.5) is 13.2 Å². The van der Waals surface area contributed by atoms with E-state index in [2.05, 4.69) is 4.18 Å². The first-order valence-electron chi connectivity index (χ1n) is 5.53. The molecule has 5 nitrogen and oxygen atoms in total. The zero-order valence-electron chi connectivity index (χ0n) is 9.70. The van der Waals surface area contributed by atoms with E-state index in [0.717, 1.165) is 0 Å². The maximum Gasteiger partial charge on any atom is 0.534 e. The normalized spacial score (nSPS) is 28.2. The lowest BCUT2D eigenvalue weighted by Crippen LogP contribution is -2.30. The van der Waals surface area contributed by atoms with Gasteiger partial charge in [0.15, 0.2) is 0 Å². The van der Waals surface area contributed by atoms with Gasteiger partial charge < -0.3 is 8.92 Å². The lowest BCUT2D eigenvalue weighted by atomic mass is 9.75. The Morgan fingerprint density at radius 1 is 1.32 bits per heavy atom. The molecule has 1 heterocycles. The molecule has 0 amide bonds. The van der Waals surface area contributed by atoms with E-state index in [4.69, 9.17) is 4.74 Å². The van der Waals surface area contributed by atoms with Gasteiger partial charge in [-0.05, 0) is 25.3 Å². The first-order chi connectivity index (χ1) is 8.66. The van der Waals surface area contributed by atoms with E-state index < -0.39 is 21.0 Å². The molecule has 0 bridgehead atoms. The van der Waals surface area contributed by atoms with Crippen molar-refractivity contribution >= 4 is 16.1 Å². The number of rotatable bonds is 2. The van der Waals surface area contributed by atoms with Crippen LogP contribution in [0.5, 0.6) is 0 Å². The van der Waals surface area contributed by atoms with E-state index in [0.29, 0.717) is 6.42 Å². The quantitative estimate of drug-likeness (QED) is 0.442. The van der Waals surface area contributed by atoms with Gasteiger partial charge in [-0.2, -0.15) is 21.6 Å². The van der Waals surface area contributed by atoms with Crippen molar-refractivity contribution in [2.75, 3.05) is 6.61 Å². The Bertz CT molecular complexity index is 522. The maximum absolute atomic E-state index is 12.1. The monoisotopic (exact) mass is 300 g/mol. The van der Waals surface area contributed by atoms with Gasteiger partial charge in [0.25, 0.3) is 0 Å². The molecule has 19 heavy (non-hydrogen) atoms. The first kappa shape index (κ1) is 14.2. The minimum atomic E-state index is -5.63. The van der Waals surface area contributed by atoms with Crippen molar-refractivity contribution in [3.05, 3.63) is 11.8 Å². The number of carbonyl (C=O) groups is 1. The zero-order chi connectivity index (χ0) is 14.3. The van der Waals surface area contributed by atoms with E-state index in [1.54, 1.807) is 0 Å². The van der Waals surface area contributed by atoms with Gasteiger partial charge in [-0.25, -0.2) is 0 Å². The molecule has 0 N–H and O–H groups in total. The molecule has 2 rings (SSSR count). The summed E-state index contributed by atoms with van der Waals surface area (Å²) < 4.78 is 66.9. The van der Waals surface area contributed by atoms with Gasteiger partial charge in [-0.3, -0.25) is 4.79 Å². The van der Waals surface area contributed by atoms with Crippen LogP contribution in [-0.2, 0) is 23.8 Å². The summed E-state index contributed by atoms with van der Waals surface area (Å²) in [6.45, 7) is 0.281. The molecule has 1 aliphatic carbocycles. The van der Waals surface area contributed by atoms with E-state index in [9.17, 15) is 26.4 Å². The number of hydrogen-bond acceptors (Lipinski definition) is 5. The van der Waals surface area contributed by atoms with Gasteiger partial charge in [0.1, 0.15) is 5.76 Å². The van der Waals surface area contributed by atoms with Crippen molar-refractivity contribution in [2.45, 2.75) is 31.2 Å². The number of esters is 1. The summed E-state index contributed by atoms with van der Waals surface area (Å²) in [5.41, 5.74) is -6.18. The molecule has 0 aromatic heterocycles. The van der Waals surface area contributed by atoms with Crippen LogP contribution < -0.4 is 0 Å². The van der Waals surface area contributed by atoms with Crippen LogP contribution in [0.15, 0.2) is 11.8 Å². The second-order valence-corrected chi connectivity index (χ2v) is 6.06. The van der Waals surface area contributed by atoms with Gasteiger partial charge in [0.05, 0.1) is 12.0 Å². The minimum absolute atomic E-state index is 0.0373. The fourth-order valence-electron chi connectivity index (χ4n) is 2.15. The summed E-state index contributed by atoms with van der Waals surface area (Å²) in [6, 6.07) is 0. The largest absolute Gasteiger partial charge is 0.534 e. The summed E-state index contributed by atoms with van der Waals surface area (Å²) in [4.78, 5) is 11.5. The standard InChI is InChI=1S/C10H11F3O5S/c11-10(12,13)19(15,16)18-7-1-3-9(4-2-7)5-6-17-8(9)14/h1H,2-6H2/t9-/m1/s1. The Kier molecular flexibility index (Phi) is 3.28. The molecule has 1 saturated heterocycles. The van der Waals surface area contributed by atoms with Crippen LogP contribution in [-0.4, -0.2) is 26.5 Å². The van der Waals surface area contributed by atoms with Crippen LogP contribution in [0, 0.1) is 5.41 Å². The summed E-state index contributed by atoms with van der Waals surface area (Å²) >= 11 is 0. The third kappa shape index (κ3) is 2.56. The average Bonchev–Trinajstić information content (AvgIpc) is 2.62. The highest BCUT2D eigenvalue weighted by Gasteiger charge is 2.50. The molecule has 0 aromatic carbocycles. The molecule has 0 aromatic rings. The van der Waals surface area contributed by atoms with Crippen LogP contribution in [0.2, 0.25) is 0 Å². The zero-order valence-corrected chi connectivity index (χ0v) is 10.5. The van der Waals surface area contributed by atoms with Crippen LogP contribution >= 0.6 is 0 Å². The second kappa shape index (κ2) is 4.39. The third-order valence-corrected chi connectivity index (χ3v) is 4.32. The highest BCUT2D eigenvalue weighted by molar-refractivity contribution is 7.87. The summed E-state index contributed by atoms with van der Waals surface area (Å²) in [5.74, 6) is -0.663. The first-order valence-corrected chi connectivity index (χ1v) is 6.94. The molecule has 1 aliphatic heterocycles. The van der Waals surface area contributed by atoms with Crippen molar-refractivity contribution in [1.29, 1.82) is 0 Å². The summed E-state index contributed by atoms with van der Waals surface area (Å²) in [6.07, 6.45) is 2.03. The van der Waals surface area contributed by atoms with Crippen LogP contribution in [0.3, 0.4) is 0 Å². The lowest BCUT2D eigenvalue weighted by Gasteiger charge is -2.27. The second-order valence-electron chi connectivity index (χ2n) is 4.52. The number of alkyl halides is 3. The Balaban J connectivity index is 2.09. The fourth-order valence-corrected chi connectivity index (χ4v) is 2.67. The minimum Gasteiger partial charge on any atom is -0.465 e. The molecule has 0 radical (unpaired) electrons. The summed E-state index contributed by atoms with van der Waals surface area (Å²) in [7, 11) is -5.63. The van der Waals surface area contributed by atoms with Crippen molar-refractivity contribution in [1.82, 2.24) is 0 Å². The van der Waals surface area contributed by atoms with Crippen LogP contribution in [0.1, 0.15) is 25.7 Å². The molecule has 0 saturated carbocycles. The molecule has 1 spiro atoms. The highest BCUT2D eigenvalue weighted by Crippen LogP contribution is 2.43. The number of cyclic esters (lactones) is 1. The van der Waals surface area contributed by atoms with Gasteiger partial charge in [-0.15, -0.1) is 0 Å². The number of halogens is 3. The molecule has 1 atom stereocenters. The topological polar surface area (TPSA) is 69.7 Å². The molecular weight excluding hydrogens is 289 g/mol. The van der Waals surface area contributed by atoms with Crippen molar-refractivity contribution < 1.29 is 35.3 Å². The van der Waals surface area contributed by atoms with E-state index in [-0.39, 0.29) is 37.6 Å². The van der Waals surface area contributed by atoms with Crippen molar-refractivity contribution in [3.63, 3.8) is 0 Å². The maximum atomic E-state index is 12.1. The third-order valence-electron chi connectivity index (χ3n) is 3.32. The van der Waals surface area contributed by atoms with Gasteiger partial charge in [0, 0.05) is 6.42 Å². The Morgan fingerprint density at radius 3 is 2.42 bits per heavy atom. The van der Waals surface area contributed by atoms with E-state index >= 15 is 0 Å². The highest BCUT2D eigenvalue weighted by atomic mass is 32.2. The van der Waals surface area contributed by atoms with E-state index in [1.807, 2.05) is 0 Å². The molecular formula is C10H11F3O5S. The number of hydrogen-bond donors (Lipinski definition) is 0. The van der Waals surface area contributed by atoms with Crippen molar-refractivity contribution in [2.24, 2.45) is 5.41 Å². The predicted octanol–water partition coefficient (Wildman–Crippen LogP) is 1.85. The van der Waals surface area contributed by atoms with E-state index in [1.165, 1.54) is 6.08 Å². The number of ether oxygens (including phenoxy) is 1. The van der Waals surface area contributed by atoms with Gasteiger partial charge >= 0.3 is 21.6 Å². The lowest BCUT2D eigenvalue weighted by molar-refractivity contribution is -0.146. The smallest absolute Gasteiger partial charge is 0.465 e. The van der Waals surface area contributed by atoms with Crippen molar-refractivity contribution in [3.8, 4) is 0 Å². The Labute approximate surface area is 107 Å². The van der Waals surface area contributed by atoms with Gasteiger partial charge in [-0.1, -0.05) is 0 Å². The average molecular weight is 300 g/mol. The Hall–Kier alpha value is -1.25. The number of allylic oxidation sites excluding steroid dienone is 2. The fraction of sp³-hybridized carbons (Fsp3) is 0.700. The summed E-state index contributed by atoms with van der Waals surface area (Å²) in [5, 5.41) is 0. The number of carbonyl (C=O) groups excluding carboxylic acids is 1. The molecule has 2 aliphatic rings. The van der Waals surface area contributed by atoms with Gasteiger partial charge in [0.2, 0.25) is 0 Å². The van der Waals surface area contributed by atoms with Crippen LogP contribution in [0.25, 0.3) is 0 Å². The molecule has 9 heteroatoms. The predicted molar refractivity (Wildman–Crippen MR) is 56.0 cm³/mol.